The molecular weight excluding hydrogens is 178 g/mol. The molecule has 0 heterocycles. The summed E-state index contributed by atoms with van der Waals surface area (Å²) in [5.74, 6) is 1.02. The average molecular weight is 201 g/mol. The lowest BCUT2D eigenvalue weighted by Gasteiger charge is -2.25. The van der Waals surface area contributed by atoms with Gasteiger partial charge in [-0.05, 0) is 11.8 Å². The Balaban J connectivity index is 4.17. The van der Waals surface area contributed by atoms with E-state index in [1.807, 2.05) is 0 Å². The van der Waals surface area contributed by atoms with E-state index in [-0.39, 0.29) is 6.09 Å². The Morgan fingerprint density at radius 3 is 2.21 bits per heavy atom. The van der Waals surface area contributed by atoms with E-state index in [1.165, 1.54) is 7.11 Å². The Bertz CT molecular complexity index is 169. The number of amides is 1. The van der Waals surface area contributed by atoms with E-state index in [1.54, 1.807) is 4.90 Å². The van der Waals surface area contributed by atoms with Crippen LogP contribution in [-0.4, -0.2) is 31.2 Å². The zero-order chi connectivity index (χ0) is 11.1. The smallest absolute Gasteiger partial charge is 0.409 e. The second kappa shape index (κ2) is 6.68. The topological polar surface area (TPSA) is 29.5 Å². The molecule has 0 aromatic carbocycles. The first-order chi connectivity index (χ1) is 6.51. The van der Waals surface area contributed by atoms with Crippen molar-refractivity contribution in [2.75, 3.05) is 20.2 Å². The summed E-state index contributed by atoms with van der Waals surface area (Å²) < 4.78 is 4.75. The van der Waals surface area contributed by atoms with Crippen LogP contribution >= 0.6 is 0 Å². The molecule has 84 valence electrons. The lowest BCUT2D eigenvalue weighted by molar-refractivity contribution is 0.111. The number of hydrogen-bond donors (Lipinski definition) is 0. The number of carbonyl (C=O) groups is 1. The maximum absolute atomic E-state index is 11.4. The van der Waals surface area contributed by atoms with Gasteiger partial charge in [0, 0.05) is 13.1 Å². The Morgan fingerprint density at radius 2 is 1.86 bits per heavy atom. The molecule has 3 nitrogen and oxygen atoms in total. The molecule has 0 radical (unpaired) electrons. The van der Waals surface area contributed by atoms with Crippen LogP contribution in [0, 0.1) is 11.8 Å². The second-order valence-corrected chi connectivity index (χ2v) is 4.28. The van der Waals surface area contributed by atoms with Gasteiger partial charge in [-0.15, -0.1) is 0 Å². The van der Waals surface area contributed by atoms with Gasteiger partial charge in [0.25, 0.3) is 0 Å². The zero-order valence-corrected chi connectivity index (χ0v) is 10.0. The highest BCUT2D eigenvalue weighted by Crippen LogP contribution is 2.08. The Morgan fingerprint density at radius 1 is 1.29 bits per heavy atom. The molecule has 0 N–H and O–H groups in total. The Hall–Kier alpha value is -0.730. The van der Waals surface area contributed by atoms with E-state index in [4.69, 9.17) is 4.74 Å². The highest BCUT2D eigenvalue weighted by atomic mass is 16.5. The fourth-order valence-electron chi connectivity index (χ4n) is 1.30. The van der Waals surface area contributed by atoms with Gasteiger partial charge >= 0.3 is 6.09 Å². The Kier molecular flexibility index (Phi) is 6.34. The monoisotopic (exact) mass is 201 g/mol. The SMILES string of the molecule is CCC(C)CN(CC(C)C)C(=O)OC. The molecule has 0 aromatic heterocycles. The lowest BCUT2D eigenvalue weighted by atomic mass is 10.1. The summed E-state index contributed by atoms with van der Waals surface area (Å²) in [6, 6.07) is 0. The van der Waals surface area contributed by atoms with Crippen LogP contribution in [0.2, 0.25) is 0 Å². The minimum absolute atomic E-state index is 0.209. The van der Waals surface area contributed by atoms with E-state index in [2.05, 4.69) is 27.7 Å². The van der Waals surface area contributed by atoms with Crippen molar-refractivity contribution < 1.29 is 9.53 Å². The summed E-state index contributed by atoms with van der Waals surface area (Å²) in [6.07, 6.45) is 0.880. The minimum atomic E-state index is -0.209. The van der Waals surface area contributed by atoms with Crippen LogP contribution in [0.5, 0.6) is 0 Å². The largest absolute Gasteiger partial charge is 0.453 e. The van der Waals surface area contributed by atoms with Crippen molar-refractivity contribution in [3.8, 4) is 0 Å². The van der Waals surface area contributed by atoms with Crippen molar-refractivity contribution in [3.63, 3.8) is 0 Å². The van der Waals surface area contributed by atoms with Gasteiger partial charge < -0.3 is 9.64 Å². The first-order valence-corrected chi connectivity index (χ1v) is 5.34. The summed E-state index contributed by atoms with van der Waals surface area (Å²) in [7, 11) is 1.44. The van der Waals surface area contributed by atoms with Gasteiger partial charge in [-0.3, -0.25) is 0 Å². The van der Waals surface area contributed by atoms with Crippen molar-refractivity contribution >= 4 is 6.09 Å². The van der Waals surface area contributed by atoms with Crippen LogP contribution in [0.25, 0.3) is 0 Å². The van der Waals surface area contributed by atoms with E-state index >= 15 is 0 Å². The molecule has 1 atom stereocenters. The molecule has 0 aliphatic rings. The molecular formula is C11H23NO2. The molecule has 0 bridgehead atoms. The minimum Gasteiger partial charge on any atom is -0.453 e. The van der Waals surface area contributed by atoms with Crippen molar-refractivity contribution in [1.82, 2.24) is 4.90 Å². The first kappa shape index (κ1) is 13.3. The normalized spacial score (nSPS) is 12.7. The molecule has 0 saturated carbocycles. The molecule has 1 unspecified atom stereocenters. The Labute approximate surface area is 87.4 Å². The molecule has 0 rings (SSSR count). The van der Waals surface area contributed by atoms with Crippen LogP contribution in [0.15, 0.2) is 0 Å². The van der Waals surface area contributed by atoms with Crippen LogP contribution < -0.4 is 0 Å². The van der Waals surface area contributed by atoms with Gasteiger partial charge in [-0.2, -0.15) is 0 Å². The molecule has 0 aromatic rings. The van der Waals surface area contributed by atoms with Crippen molar-refractivity contribution in [2.24, 2.45) is 11.8 Å². The van der Waals surface area contributed by atoms with Crippen LogP contribution in [0.3, 0.4) is 0 Å². The molecule has 0 aliphatic carbocycles. The number of methoxy groups -OCH3 is 1. The summed E-state index contributed by atoms with van der Waals surface area (Å²) in [4.78, 5) is 13.2. The first-order valence-electron chi connectivity index (χ1n) is 5.34. The third-order valence-electron chi connectivity index (χ3n) is 2.25. The third-order valence-corrected chi connectivity index (χ3v) is 2.25. The number of rotatable bonds is 5. The maximum atomic E-state index is 11.4. The van der Waals surface area contributed by atoms with E-state index < -0.39 is 0 Å². The second-order valence-electron chi connectivity index (χ2n) is 4.28. The predicted octanol–water partition coefficient (Wildman–Crippen LogP) is 2.76. The molecule has 0 fully saturated rings. The highest BCUT2D eigenvalue weighted by molar-refractivity contribution is 5.67. The average Bonchev–Trinajstić information content (AvgIpc) is 2.14. The molecule has 1 amide bonds. The summed E-state index contributed by atoms with van der Waals surface area (Å²) in [5, 5.41) is 0. The quantitative estimate of drug-likeness (QED) is 0.684. The fraction of sp³-hybridized carbons (Fsp3) is 0.909. The molecule has 0 saturated heterocycles. The van der Waals surface area contributed by atoms with Gasteiger partial charge in [0.1, 0.15) is 0 Å². The number of hydrogen-bond acceptors (Lipinski definition) is 2. The van der Waals surface area contributed by atoms with Gasteiger partial charge in [-0.25, -0.2) is 4.79 Å². The summed E-state index contributed by atoms with van der Waals surface area (Å²) in [6.45, 7) is 10.1. The number of nitrogens with zero attached hydrogens (tertiary/aromatic N) is 1. The van der Waals surface area contributed by atoms with Crippen molar-refractivity contribution in [1.29, 1.82) is 0 Å². The highest BCUT2D eigenvalue weighted by Gasteiger charge is 2.16. The molecule has 3 heteroatoms. The van der Waals surface area contributed by atoms with Gasteiger partial charge in [0.05, 0.1) is 7.11 Å². The number of carbonyl (C=O) groups excluding carboxylic acids is 1. The fourth-order valence-corrected chi connectivity index (χ4v) is 1.30. The van der Waals surface area contributed by atoms with E-state index in [0.717, 1.165) is 19.5 Å². The van der Waals surface area contributed by atoms with Gasteiger partial charge in [0.15, 0.2) is 0 Å². The van der Waals surface area contributed by atoms with Crippen molar-refractivity contribution in [2.45, 2.75) is 34.1 Å². The van der Waals surface area contributed by atoms with Gasteiger partial charge in [0.2, 0.25) is 0 Å². The maximum Gasteiger partial charge on any atom is 0.409 e. The van der Waals surface area contributed by atoms with E-state index in [9.17, 15) is 4.79 Å². The van der Waals surface area contributed by atoms with Gasteiger partial charge in [-0.1, -0.05) is 34.1 Å². The molecule has 14 heavy (non-hydrogen) atoms. The molecule has 0 spiro atoms. The van der Waals surface area contributed by atoms with E-state index in [0.29, 0.717) is 11.8 Å². The van der Waals surface area contributed by atoms with Crippen LogP contribution in [0.4, 0.5) is 4.79 Å². The third kappa shape index (κ3) is 5.10. The number of ether oxygens (including phenoxy) is 1. The summed E-state index contributed by atoms with van der Waals surface area (Å²) >= 11 is 0. The zero-order valence-electron chi connectivity index (χ0n) is 10.0. The lowest BCUT2D eigenvalue weighted by Crippen LogP contribution is -2.37. The predicted molar refractivity (Wildman–Crippen MR) is 58.3 cm³/mol. The standard InChI is InChI=1S/C11H23NO2/c1-6-10(4)8-12(7-9(2)3)11(13)14-5/h9-10H,6-8H2,1-5H3. The van der Waals surface area contributed by atoms with Crippen molar-refractivity contribution in [3.05, 3.63) is 0 Å². The summed E-state index contributed by atoms with van der Waals surface area (Å²) in [5.41, 5.74) is 0. The van der Waals surface area contributed by atoms with Crippen LogP contribution in [0.1, 0.15) is 34.1 Å². The molecule has 0 aliphatic heterocycles. The van der Waals surface area contributed by atoms with Crippen LogP contribution in [-0.2, 0) is 4.74 Å².